The van der Waals surface area contributed by atoms with Crippen LogP contribution in [0.1, 0.15) is 11.5 Å². The Bertz CT molecular complexity index is 524. The van der Waals surface area contributed by atoms with Crippen LogP contribution in [-0.4, -0.2) is 50.9 Å². The Hall–Kier alpha value is -1.21. The summed E-state index contributed by atoms with van der Waals surface area (Å²) in [6.07, 6.45) is 1.21. The van der Waals surface area contributed by atoms with Crippen LogP contribution >= 0.6 is 0 Å². The minimum atomic E-state index is -3.07. The Morgan fingerprint density at radius 2 is 2.00 bits per heavy atom. The molecule has 18 heavy (non-hydrogen) atoms. The highest BCUT2D eigenvalue weighted by Gasteiger charge is 2.15. The monoisotopic (exact) mass is 271 g/mol. The van der Waals surface area contributed by atoms with E-state index in [9.17, 15) is 8.42 Å². The maximum atomic E-state index is 11.3. The molecule has 6 nitrogen and oxygen atoms in total. The molecule has 0 amide bonds. The van der Waals surface area contributed by atoms with Gasteiger partial charge in [0.15, 0.2) is 9.84 Å². The van der Waals surface area contributed by atoms with Gasteiger partial charge in [-0.3, -0.25) is 0 Å². The van der Waals surface area contributed by atoms with E-state index in [0.717, 1.165) is 18.9 Å². The molecule has 100 valence electrons. The van der Waals surface area contributed by atoms with Gasteiger partial charge in [0.2, 0.25) is 0 Å². The second kappa shape index (κ2) is 5.19. The average molecular weight is 271 g/mol. The van der Waals surface area contributed by atoms with Crippen molar-refractivity contribution in [3.05, 3.63) is 17.6 Å². The number of aromatic nitrogens is 2. The zero-order chi connectivity index (χ0) is 13.2. The van der Waals surface area contributed by atoms with E-state index in [0.29, 0.717) is 24.7 Å². The van der Waals surface area contributed by atoms with Crippen LogP contribution in [0.15, 0.2) is 6.07 Å². The summed E-state index contributed by atoms with van der Waals surface area (Å²) in [7, 11) is -3.07. The third-order valence-corrected chi connectivity index (χ3v) is 3.44. The molecule has 1 aliphatic rings. The Morgan fingerprint density at radius 1 is 1.33 bits per heavy atom. The minimum Gasteiger partial charge on any atom is -0.378 e. The summed E-state index contributed by atoms with van der Waals surface area (Å²) in [4.78, 5) is 10.6. The molecule has 0 aliphatic carbocycles. The Kier molecular flexibility index (Phi) is 3.82. The lowest BCUT2D eigenvalue weighted by Crippen LogP contribution is -2.37. The highest BCUT2D eigenvalue weighted by molar-refractivity contribution is 7.89. The molecule has 0 aromatic carbocycles. The van der Waals surface area contributed by atoms with Crippen LogP contribution in [0, 0.1) is 6.92 Å². The molecule has 1 saturated heterocycles. The van der Waals surface area contributed by atoms with Gasteiger partial charge in [-0.15, -0.1) is 0 Å². The highest BCUT2D eigenvalue weighted by atomic mass is 32.2. The fourth-order valence-electron chi connectivity index (χ4n) is 1.91. The van der Waals surface area contributed by atoms with E-state index in [-0.39, 0.29) is 5.75 Å². The average Bonchev–Trinajstić information content (AvgIpc) is 2.27. The number of aryl methyl sites for hydroxylation is 1. The van der Waals surface area contributed by atoms with Crippen molar-refractivity contribution in [2.75, 3.05) is 37.5 Å². The lowest BCUT2D eigenvalue weighted by Gasteiger charge is -2.28. The first-order valence-corrected chi connectivity index (χ1v) is 7.85. The van der Waals surface area contributed by atoms with Crippen molar-refractivity contribution in [3.8, 4) is 0 Å². The quantitative estimate of drug-likeness (QED) is 0.780. The highest BCUT2D eigenvalue weighted by Crippen LogP contribution is 2.15. The van der Waals surface area contributed by atoms with Crippen LogP contribution in [0.2, 0.25) is 0 Å². The Balaban J connectivity index is 2.25. The van der Waals surface area contributed by atoms with Crippen molar-refractivity contribution < 1.29 is 13.2 Å². The van der Waals surface area contributed by atoms with E-state index < -0.39 is 9.84 Å². The number of hydrogen-bond donors (Lipinski definition) is 0. The van der Waals surface area contributed by atoms with Crippen LogP contribution in [0.5, 0.6) is 0 Å². The zero-order valence-electron chi connectivity index (χ0n) is 10.6. The lowest BCUT2D eigenvalue weighted by molar-refractivity contribution is 0.122. The van der Waals surface area contributed by atoms with Gasteiger partial charge in [0.05, 0.1) is 24.7 Å². The molecule has 0 saturated carbocycles. The maximum absolute atomic E-state index is 11.3. The van der Waals surface area contributed by atoms with Crippen LogP contribution in [-0.2, 0) is 20.3 Å². The number of nitrogens with zero attached hydrogens (tertiary/aromatic N) is 3. The van der Waals surface area contributed by atoms with E-state index in [4.69, 9.17) is 4.74 Å². The van der Waals surface area contributed by atoms with Gasteiger partial charge in [-0.25, -0.2) is 18.4 Å². The summed E-state index contributed by atoms with van der Waals surface area (Å²) in [5, 5.41) is 0. The van der Waals surface area contributed by atoms with Crippen molar-refractivity contribution in [3.63, 3.8) is 0 Å². The first-order chi connectivity index (χ1) is 8.44. The summed E-state index contributed by atoms with van der Waals surface area (Å²) in [5.74, 6) is 1.33. The first-order valence-electron chi connectivity index (χ1n) is 5.79. The second-order valence-corrected chi connectivity index (χ2v) is 6.57. The van der Waals surface area contributed by atoms with E-state index in [1.165, 1.54) is 6.26 Å². The maximum Gasteiger partial charge on any atom is 0.153 e. The summed E-state index contributed by atoms with van der Waals surface area (Å²) >= 11 is 0. The van der Waals surface area contributed by atoms with Gasteiger partial charge in [0, 0.05) is 25.4 Å². The van der Waals surface area contributed by atoms with Crippen molar-refractivity contribution in [2.45, 2.75) is 12.7 Å². The molecule has 0 N–H and O–H groups in total. The molecule has 1 aromatic rings. The molecule has 0 bridgehead atoms. The van der Waals surface area contributed by atoms with Gasteiger partial charge < -0.3 is 9.64 Å². The largest absolute Gasteiger partial charge is 0.378 e. The van der Waals surface area contributed by atoms with Crippen LogP contribution < -0.4 is 4.90 Å². The third-order valence-electron chi connectivity index (χ3n) is 2.62. The number of morpholine rings is 1. The molecule has 1 aliphatic heterocycles. The van der Waals surface area contributed by atoms with Crippen molar-refractivity contribution in [2.24, 2.45) is 0 Å². The number of ether oxygens (including phenoxy) is 1. The molecule has 0 atom stereocenters. The summed E-state index contributed by atoms with van der Waals surface area (Å²) in [6, 6.07) is 1.75. The number of rotatable bonds is 3. The Morgan fingerprint density at radius 3 is 2.61 bits per heavy atom. The number of anilines is 1. The van der Waals surface area contributed by atoms with Gasteiger partial charge in [0.1, 0.15) is 11.6 Å². The van der Waals surface area contributed by atoms with Crippen LogP contribution in [0.25, 0.3) is 0 Å². The molecule has 2 rings (SSSR count). The molecule has 0 unspecified atom stereocenters. The zero-order valence-corrected chi connectivity index (χ0v) is 11.4. The first kappa shape index (κ1) is 13.2. The minimum absolute atomic E-state index is 0.0479. The third kappa shape index (κ3) is 3.64. The summed E-state index contributed by atoms with van der Waals surface area (Å²) in [6.45, 7) is 4.66. The molecule has 0 radical (unpaired) electrons. The van der Waals surface area contributed by atoms with Gasteiger partial charge >= 0.3 is 0 Å². The van der Waals surface area contributed by atoms with E-state index in [1.807, 2.05) is 0 Å². The normalized spacial score (nSPS) is 16.9. The van der Waals surface area contributed by atoms with Gasteiger partial charge in [-0.1, -0.05) is 0 Å². The second-order valence-electron chi connectivity index (χ2n) is 4.43. The van der Waals surface area contributed by atoms with Gasteiger partial charge in [-0.05, 0) is 6.92 Å². The smallest absolute Gasteiger partial charge is 0.153 e. The lowest BCUT2D eigenvalue weighted by atomic mass is 10.3. The molecule has 2 heterocycles. The summed E-state index contributed by atoms with van der Waals surface area (Å²) < 4.78 is 27.9. The molecule has 0 spiro atoms. The standard InChI is InChI=1S/C11H17N3O3S/c1-9-12-10(8-18(2,15)16)7-11(13-9)14-3-5-17-6-4-14/h7H,3-6,8H2,1-2H3. The Labute approximate surface area is 107 Å². The van der Waals surface area contributed by atoms with Gasteiger partial charge in [-0.2, -0.15) is 0 Å². The topological polar surface area (TPSA) is 72.4 Å². The van der Waals surface area contributed by atoms with Crippen LogP contribution in [0.3, 0.4) is 0 Å². The van der Waals surface area contributed by atoms with Gasteiger partial charge in [0.25, 0.3) is 0 Å². The number of hydrogen-bond acceptors (Lipinski definition) is 6. The van der Waals surface area contributed by atoms with Crippen LogP contribution in [0.4, 0.5) is 5.82 Å². The fourth-order valence-corrected chi connectivity index (χ4v) is 2.59. The molecule has 1 fully saturated rings. The molecular weight excluding hydrogens is 254 g/mol. The van der Waals surface area contributed by atoms with Crippen molar-refractivity contribution in [1.29, 1.82) is 0 Å². The summed E-state index contributed by atoms with van der Waals surface area (Å²) in [5.41, 5.74) is 0.548. The molecule has 1 aromatic heterocycles. The fraction of sp³-hybridized carbons (Fsp3) is 0.636. The SMILES string of the molecule is Cc1nc(CS(C)(=O)=O)cc(N2CCOCC2)n1. The van der Waals surface area contributed by atoms with Crippen molar-refractivity contribution >= 4 is 15.7 Å². The number of sulfone groups is 1. The molecular formula is C11H17N3O3S. The predicted molar refractivity (Wildman–Crippen MR) is 68.3 cm³/mol. The van der Waals surface area contributed by atoms with E-state index >= 15 is 0 Å². The predicted octanol–water partition coefficient (Wildman–Crippen LogP) is 0.166. The molecule has 7 heteroatoms. The van der Waals surface area contributed by atoms with Crippen molar-refractivity contribution in [1.82, 2.24) is 9.97 Å². The van der Waals surface area contributed by atoms with E-state index in [2.05, 4.69) is 14.9 Å². The van der Waals surface area contributed by atoms with E-state index in [1.54, 1.807) is 13.0 Å².